The fourth-order valence-electron chi connectivity index (χ4n) is 2.46. The molecule has 0 bridgehead atoms. The van der Waals surface area contributed by atoms with Gasteiger partial charge in [0.1, 0.15) is 5.82 Å². The summed E-state index contributed by atoms with van der Waals surface area (Å²) in [5, 5.41) is 6.99. The predicted molar refractivity (Wildman–Crippen MR) is 104 cm³/mol. The number of anilines is 1. The first-order chi connectivity index (χ1) is 13.3. The zero-order chi connectivity index (χ0) is 20.3. The lowest BCUT2D eigenvalue weighted by Crippen LogP contribution is -2.23. The minimum Gasteiger partial charge on any atom is -0.452 e. The molecule has 10 heteroatoms. The Morgan fingerprint density at radius 1 is 1.07 bits per heavy atom. The number of ether oxygens (including phenoxy) is 1. The molecular formula is C18H17BrN6O3. The number of halogens is 1. The Morgan fingerprint density at radius 3 is 2.46 bits per heavy atom. The van der Waals surface area contributed by atoms with Crippen LogP contribution in [-0.2, 0) is 9.53 Å². The number of carbonyl (C=O) groups is 2. The Bertz CT molecular complexity index is 1030. The van der Waals surface area contributed by atoms with Gasteiger partial charge in [0.25, 0.3) is 11.9 Å². The van der Waals surface area contributed by atoms with Gasteiger partial charge in [0, 0.05) is 34.3 Å². The van der Waals surface area contributed by atoms with Gasteiger partial charge in [-0.1, -0.05) is 0 Å². The van der Waals surface area contributed by atoms with E-state index < -0.39 is 18.5 Å². The van der Waals surface area contributed by atoms with E-state index in [-0.39, 0.29) is 5.56 Å². The van der Waals surface area contributed by atoms with Gasteiger partial charge in [-0.25, -0.2) is 14.8 Å². The summed E-state index contributed by atoms with van der Waals surface area (Å²) in [5.41, 5.74) is 2.48. The van der Waals surface area contributed by atoms with E-state index in [2.05, 4.69) is 41.3 Å². The van der Waals surface area contributed by atoms with Crippen LogP contribution in [0.2, 0.25) is 0 Å². The van der Waals surface area contributed by atoms with Gasteiger partial charge in [0.2, 0.25) is 0 Å². The van der Waals surface area contributed by atoms with Gasteiger partial charge < -0.3 is 10.1 Å². The predicted octanol–water partition coefficient (Wildman–Crippen LogP) is 2.54. The van der Waals surface area contributed by atoms with Crippen LogP contribution in [0.5, 0.6) is 0 Å². The second-order valence-electron chi connectivity index (χ2n) is 6.05. The average molecular weight is 445 g/mol. The number of pyridine rings is 1. The van der Waals surface area contributed by atoms with E-state index in [0.717, 1.165) is 11.4 Å². The number of nitrogens with zero attached hydrogens (tertiary/aromatic N) is 5. The molecule has 3 rings (SSSR count). The van der Waals surface area contributed by atoms with Crippen LogP contribution in [0.4, 0.5) is 5.82 Å². The van der Waals surface area contributed by atoms with Crippen molar-refractivity contribution in [1.29, 1.82) is 0 Å². The summed E-state index contributed by atoms with van der Waals surface area (Å²) in [6.07, 6.45) is 2.91. The lowest BCUT2D eigenvalue weighted by molar-refractivity contribution is -0.119. The van der Waals surface area contributed by atoms with Crippen molar-refractivity contribution in [2.75, 3.05) is 11.9 Å². The molecule has 1 N–H and O–H groups in total. The molecular weight excluding hydrogens is 428 g/mol. The first kappa shape index (κ1) is 19.6. The van der Waals surface area contributed by atoms with Gasteiger partial charge in [-0.05, 0) is 48.8 Å². The number of nitrogens with one attached hydrogen (secondary N) is 1. The molecule has 3 heterocycles. The monoisotopic (exact) mass is 444 g/mol. The van der Waals surface area contributed by atoms with Crippen molar-refractivity contribution < 1.29 is 14.3 Å². The lowest BCUT2D eigenvalue weighted by Gasteiger charge is -2.09. The largest absolute Gasteiger partial charge is 0.452 e. The molecule has 0 aromatic carbocycles. The van der Waals surface area contributed by atoms with Crippen LogP contribution >= 0.6 is 15.9 Å². The van der Waals surface area contributed by atoms with Crippen molar-refractivity contribution >= 4 is 33.6 Å². The molecule has 0 radical (unpaired) electrons. The molecule has 0 unspecified atom stereocenters. The van der Waals surface area contributed by atoms with E-state index in [4.69, 9.17) is 4.74 Å². The number of rotatable bonds is 5. The van der Waals surface area contributed by atoms with Crippen LogP contribution in [0.3, 0.4) is 0 Å². The van der Waals surface area contributed by atoms with Crippen LogP contribution in [0, 0.1) is 20.8 Å². The van der Waals surface area contributed by atoms with Crippen LogP contribution in [0.15, 0.2) is 35.1 Å². The summed E-state index contributed by atoms with van der Waals surface area (Å²) < 4.78 is 7.11. The minimum absolute atomic E-state index is 0.242. The highest BCUT2D eigenvalue weighted by molar-refractivity contribution is 9.10. The molecule has 0 fully saturated rings. The Kier molecular flexibility index (Phi) is 5.78. The van der Waals surface area contributed by atoms with Crippen molar-refractivity contribution in [2.24, 2.45) is 0 Å². The molecule has 0 spiro atoms. The average Bonchev–Trinajstić information content (AvgIpc) is 2.99. The molecule has 0 saturated heterocycles. The SMILES string of the molecule is Cc1cc(C)nc(-n2nc(C)cc2NC(=O)COC(=O)c2cncc(Br)c2)n1. The molecule has 0 aliphatic carbocycles. The fraction of sp³-hybridized carbons (Fsp3) is 0.222. The molecule has 0 atom stereocenters. The van der Waals surface area contributed by atoms with Crippen molar-refractivity contribution in [2.45, 2.75) is 20.8 Å². The standard InChI is InChI=1S/C18H17BrN6O3/c1-10-4-11(2)22-18(21-10)25-15(5-12(3)24-25)23-16(26)9-28-17(27)13-6-14(19)8-20-7-13/h4-8H,9H2,1-3H3,(H,23,26). The minimum atomic E-state index is -0.647. The van der Waals surface area contributed by atoms with Crippen LogP contribution in [0.1, 0.15) is 27.4 Å². The maximum Gasteiger partial charge on any atom is 0.340 e. The molecule has 3 aromatic heterocycles. The second-order valence-corrected chi connectivity index (χ2v) is 6.97. The maximum absolute atomic E-state index is 12.2. The van der Waals surface area contributed by atoms with Gasteiger partial charge >= 0.3 is 5.97 Å². The van der Waals surface area contributed by atoms with Crippen LogP contribution < -0.4 is 5.32 Å². The van der Waals surface area contributed by atoms with E-state index in [0.29, 0.717) is 21.9 Å². The van der Waals surface area contributed by atoms with E-state index in [1.807, 2.05) is 19.9 Å². The summed E-state index contributed by atoms with van der Waals surface area (Å²) in [6.45, 7) is 5.03. The highest BCUT2D eigenvalue weighted by atomic mass is 79.9. The summed E-state index contributed by atoms with van der Waals surface area (Å²) in [7, 11) is 0. The molecule has 0 aliphatic heterocycles. The molecule has 0 aliphatic rings. The third-order valence-corrected chi connectivity index (χ3v) is 3.97. The number of esters is 1. The van der Waals surface area contributed by atoms with E-state index >= 15 is 0 Å². The van der Waals surface area contributed by atoms with Crippen LogP contribution in [-0.4, -0.2) is 43.2 Å². The van der Waals surface area contributed by atoms with Gasteiger partial charge in [0.05, 0.1) is 11.3 Å². The highest BCUT2D eigenvalue weighted by Gasteiger charge is 2.16. The van der Waals surface area contributed by atoms with Gasteiger partial charge in [-0.3, -0.25) is 9.78 Å². The van der Waals surface area contributed by atoms with Crippen molar-refractivity contribution in [3.63, 3.8) is 0 Å². The molecule has 0 saturated carbocycles. The molecule has 28 heavy (non-hydrogen) atoms. The molecule has 9 nitrogen and oxygen atoms in total. The summed E-state index contributed by atoms with van der Waals surface area (Å²) in [4.78, 5) is 36.9. The third-order valence-electron chi connectivity index (χ3n) is 3.53. The molecule has 144 valence electrons. The molecule has 1 amide bonds. The van der Waals surface area contributed by atoms with E-state index in [1.165, 1.54) is 10.9 Å². The summed E-state index contributed by atoms with van der Waals surface area (Å²) >= 11 is 3.23. The van der Waals surface area contributed by atoms with E-state index in [1.54, 1.807) is 25.3 Å². The van der Waals surface area contributed by atoms with Crippen molar-refractivity contribution in [3.05, 3.63) is 57.7 Å². The highest BCUT2D eigenvalue weighted by Crippen LogP contribution is 2.15. The first-order valence-electron chi connectivity index (χ1n) is 8.28. The topological polar surface area (TPSA) is 112 Å². The number of hydrogen-bond donors (Lipinski definition) is 1. The summed E-state index contributed by atoms with van der Waals surface area (Å²) in [5.74, 6) is -0.432. The molecule has 3 aromatic rings. The van der Waals surface area contributed by atoms with Crippen molar-refractivity contribution in [1.82, 2.24) is 24.7 Å². The smallest absolute Gasteiger partial charge is 0.340 e. The second kappa shape index (κ2) is 8.26. The normalized spacial score (nSPS) is 10.6. The maximum atomic E-state index is 12.2. The number of aryl methyl sites for hydroxylation is 3. The number of aromatic nitrogens is 5. The third kappa shape index (κ3) is 4.77. The van der Waals surface area contributed by atoms with Gasteiger partial charge in [-0.15, -0.1) is 0 Å². The van der Waals surface area contributed by atoms with E-state index in [9.17, 15) is 9.59 Å². The number of carbonyl (C=O) groups excluding carboxylic acids is 2. The Labute approximate surface area is 169 Å². The number of amides is 1. The van der Waals surface area contributed by atoms with Gasteiger partial charge in [0.15, 0.2) is 6.61 Å². The zero-order valence-corrected chi connectivity index (χ0v) is 17.0. The Balaban J connectivity index is 1.70. The zero-order valence-electron chi connectivity index (χ0n) is 15.4. The Hall–Kier alpha value is -3.14. The van der Waals surface area contributed by atoms with Gasteiger partial charge in [-0.2, -0.15) is 9.78 Å². The Morgan fingerprint density at radius 2 is 1.79 bits per heavy atom. The fourth-order valence-corrected chi connectivity index (χ4v) is 2.82. The quantitative estimate of drug-likeness (QED) is 0.601. The first-order valence-corrected chi connectivity index (χ1v) is 9.08. The van der Waals surface area contributed by atoms with Crippen LogP contribution in [0.25, 0.3) is 5.95 Å². The van der Waals surface area contributed by atoms with Crippen molar-refractivity contribution in [3.8, 4) is 5.95 Å². The number of hydrogen-bond acceptors (Lipinski definition) is 7. The summed E-state index contributed by atoms with van der Waals surface area (Å²) in [6, 6.07) is 5.08. The lowest BCUT2D eigenvalue weighted by atomic mass is 10.3.